The summed E-state index contributed by atoms with van der Waals surface area (Å²) in [6, 6.07) is 0. The maximum absolute atomic E-state index is 10.6. The third kappa shape index (κ3) is 2.47. The lowest BCUT2D eigenvalue weighted by Crippen LogP contribution is -2.31. The number of aromatic nitrogens is 4. The first-order valence-electron chi connectivity index (χ1n) is 7.41. The molecule has 4 heterocycles. The minimum absolute atomic E-state index is 0.0872. The summed E-state index contributed by atoms with van der Waals surface area (Å²) in [6.07, 6.45) is 2.59. The Kier molecular flexibility index (Phi) is 3.14. The largest absolute Gasteiger partial charge is 0.550 e. The monoisotopic (exact) mass is 331 g/mol. The van der Waals surface area contributed by atoms with Crippen LogP contribution >= 0.6 is 11.3 Å². The zero-order chi connectivity index (χ0) is 16.2. The minimum Gasteiger partial charge on any atom is -0.550 e. The first-order chi connectivity index (χ1) is 10.9. The highest BCUT2D eigenvalue weighted by atomic mass is 32.1. The van der Waals surface area contributed by atoms with Gasteiger partial charge in [0.2, 0.25) is 0 Å². The van der Waals surface area contributed by atoms with Gasteiger partial charge in [0.1, 0.15) is 11.2 Å². The molecule has 3 aromatic heterocycles. The number of carbonyl (C=O) groups is 1. The third-order valence-corrected chi connectivity index (χ3v) is 5.12. The van der Waals surface area contributed by atoms with Gasteiger partial charge in [0.15, 0.2) is 11.5 Å². The van der Waals surface area contributed by atoms with E-state index < -0.39 is 5.97 Å². The molecule has 0 saturated heterocycles. The quantitative estimate of drug-likeness (QED) is 0.707. The van der Waals surface area contributed by atoms with Crippen LogP contribution < -0.4 is 5.11 Å². The predicted molar refractivity (Wildman–Crippen MR) is 82.1 cm³/mol. The standard InChI is InChI=1S/C15H16N4O3S/c1-15(2)5-8-9(6-22-15)23-14-12(8)13-17-10(3-4-11(20)21)18-19(13)7-16-14/h7H,3-6H2,1-2H3,(H,20,21)/p-1. The molecule has 0 fully saturated rings. The van der Waals surface area contributed by atoms with E-state index >= 15 is 0 Å². The van der Waals surface area contributed by atoms with E-state index in [2.05, 4.69) is 28.9 Å². The first-order valence-corrected chi connectivity index (χ1v) is 8.23. The average Bonchev–Trinajstić information content (AvgIpc) is 3.03. The van der Waals surface area contributed by atoms with Crippen LogP contribution in [0.15, 0.2) is 6.33 Å². The maximum Gasteiger partial charge on any atom is 0.167 e. The number of hydrogen-bond acceptors (Lipinski definition) is 7. The first kappa shape index (κ1) is 14.5. The molecule has 120 valence electrons. The van der Waals surface area contributed by atoms with Gasteiger partial charge in [0, 0.05) is 23.7 Å². The van der Waals surface area contributed by atoms with Crippen LogP contribution in [0.1, 0.15) is 36.5 Å². The van der Waals surface area contributed by atoms with E-state index in [-0.39, 0.29) is 18.4 Å². The van der Waals surface area contributed by atoms with Gasteiger partial charge in [-0.15, -0.1) is 16.4 Å². The van der Waals surface area contributed by atoms with Gasteiger partial charge in [-0.1, -0.05) is 0 Å². The van der Waals surface area contributed by atoms with Crippen LogP contribution in [-0.4, -0.2) is 31.2 Å². The Morgan fingerprint density at radius 3 is 3.13 bits per heavy atom. The summed E-state index contributed by atoms with van der Waals surface area (Å²) in [4.78, 5) is 21.7. The van der Waals surface area contributed by atoms with E-state index in [0.29, 0.717) is 12.4 Å². The molecule has 0 radical (unpaired) electrons. The molecule has 0 saturated carbocycles. The van der Waals surface area contributed by atoms with Gasteiger partial charge in [0.25, 0.3) is 0 Å². The SMILES string of the molecule is CC1(C)Cc2c(sc3ncn4nc(CCC(=O)[O-])nc4c23)CO1. The summed E-state index contributed by atoms with van der Waals surface area (Å²) in [5.74, 6) is -0.603. The summed E-state index contributed by atoms with van der Waals surface area (Å²) < 4.78 is 7.50. The fraction of sp³-hybridized carbons (Fsp3) is 0.467. The van der Waals surface area contributed by atoms with Gasteiger partial charge in [0.05, 0.1) is 17.6 Å². The van der Waals surface area contributed by atoms with Crippen molar-refractivity contribution in [3.05, 3.63) is 22.6 Å². The maximum atomic E-state index is 10.6. The molecule has 0 unspecified atom stereocenters. The molecule has 0 atom stereocenters. The predicted octanol–water partition coefficient (Wildman–Crippen LogP) is 0.873. The highest BCUT2D eigenvalue weighted by Gasteiger charge is 2.30. The highest BCUT2D eigenvalue weighted by Crippen LogP contribution is 2.39. The second-order valence-electron chi connectivity index (χ2n) is 6.32. The van der Waals surface area contributed by atoms with Crippen LogP contribution in [0.2, 0.25) is 0 Å². The molecule has 0 aliphatic carbocycles. The second-order valence-corrected chi connectivity index (χ2v) is 7.41. The fourth-order valence-corrected chi connectivity index (χ4v) is 3.97. The van der Waals surface area contributed by atoms with Crippen LogP contribution in [0.4, 0.5) is 0 Å². The van der Waals surface area contributed by atoms with Crippen molar-refractivity contribution in [3.63, 3.8) is 0 Å². The summed E-state index contributed by atoms with van der Waals surface area (Å²) in [5.41, 5.74) is 1.74. The number of hydrogen-bond donors (Lipinski definition) is 0. The molecule has 1 aliphatic heterocycles. The molecule has 23 heavy (non-hydrogen) atoms. The van der Waals surface area contributed by atoms with Crippen molar-refractivity contribution in [2.24, 2.45) is 0 Å². The van der Waals surface area contributed by atoms with Crippen molar-refractivity contribution >= 4 is 33.2 Å². The normalized spacial score (nSPS) is 16.8. The van der Waals surface area contributed by atoms with Gasteiger partial charge in [-0.25, -0.2) is 14.5 Å². The van der Waals surface area contributed by atoms with Crippen LogP contribution in [0.5, 0.6) is 0 Å². The van der Waals surface area contributed by atoms with E-state index in [0.717, 1.165) is 22.3 Å². The number of thiophene rings is 1. The number of rotatable bonds is 3. The number of carboxylic acid groups (broad SMARTS) is 1. The number of nitrogens with zero attached hydrogens (tertiary/aromatic N) is 4. The fourth-order valence-electron chi connectivity index (χ4n) is 2.91. The van der Waals surface area contributed by atoms with Gasteiger partial charge in [-0.05, 0) is 25.8 Å². The molecule has 0 spiro atoms. The molecule has 0 N–H and O–H groups in total. The molecule has 4 rings (SSSR count). The lowest BCUT2D eigenvalue weighted by molar-refractivity contribution is -0.305. The third-order valence-electron chi connectivity index (χ3n) is 4.00. The summed E-state index contributed by atoms with van der Waals surface area (Å²) >= 11 is 1.62. The second kappa shape index (κ2) is 4.97. The lowest BCUT2D eigenvalue weighted by atomic mass is 9.94. The van der Waals surface area contributed by atoms with Crippen molar-refractivity contribution < 1.29 is 14.6 Å². The molecule has 7 nitrogen and oxygen atoms in total. The molecule has 0 bridgehead atoms. The number of fused-ring (bicyclic) bond motifs is 5. The summed E-state index contributed by atoms with van der Waals surface area (Å²) in [7, 11) is 0. The number of aryl methyl sites for hydroxylation is 1. The lowest BCUT2D eigenvalue weighted by Gasteiger charge is -2.30. The Balaban J connectivity index is 1.87. The van der Waals surface area contributed by atoms with Crippen LogP contribution in [0, 0.1) is 0 Å². The van der Waals surface area contributed by atoms with E-state index in [1.54, 1.807) is 22.2 Å². The molecular weight excluding hydrogens is 316 g/mol. The van der Waals surface area contributed by atoms with Crippen LogP contribution in [0.25, 0.3) is 15.9 Å². The van der Waals surface area contributed by atoms with Gasteiger partial charge in [-0.2, -0.15) is 0 Å². The Bertz CT molecular complexity index is 928. The highest BCUT2D eigenvalue weighted by molar-refractivity contribution is 7.19. The van der Waals surface area contributed by atoms with Crippen molar-refractivity contribution in [2.75, 3.05) is 0 Å². The van der Waals surface area contributed by atoms with Gasteiger partial charge in [-0.3, -0.25) is 0 Å². The molecule has 1 aliphatic rings. The Morgan fingerprint density at radius 1 is 1.52 bits per heavy atom. The van der Waals surface area contributed by atoms with Crippen LogP contribution in [0.3, 0.4) is 0 Å². The number of carbonyl (C=O) groups excluding carboxylic acids is 1. The zero-order valence-corrected chi connectivity index (χ0v) is 13.6. The molecule has 3 aromatic rings. The van der Waals surface area contributed by atoms with Crippen molar-refractivity contribution in [3.8, 4) is 0 Å². The Labute approximate surface area is 135 Å². The van der Waals surface area contributed by atoms with E-state index in [9.17, 15) is 9.90 Å². The summed E-state index contributed by atoms with van der Waals surface area (Å²) in [5, 5.41) is 16.0. The molecular formula is C15H15N4O3S-. The van der Waals surface area contributed by atoms with Gasteiger partial charge >= 0.3 is 0 Å². The Hall–Kier alpha value is -2.06. The van der Waals surface area contributed by atoms with E-state index in [1.165, 1.54) is 10.4 Å². The topological polar surface area (TPSA) is 92.4 Å². The molecule has 8 heteroatoms. The average molecular weight is 331 g/mol. The number of carboxylic acids is 1. The van der Waals surface area contributed by atoms with Crippen LogP contribution in [-0.2, 0) is 29.0 Å². The van der Waals surface area contributed by atoms with E-state index in [4.69, 9.17) is 4.74 Å². The zero-order valence-electron chi connectivity index (χ0n) is 12.8. The minimum atomic E-state index is -1.10. The number of ether oxygens (including phenoxy) is 1. The van der Waals surface area contributed by atoms with E-state index in [1.807, 2.05) is 0 Å². The van der Waals surface area contributed by atoms with Crippen molar-refractivity contribution in [1.29, 1.82) is 0 Å². The molecule has 0 aromatic carbocycles. The summed E-state index contributed by atoms with van der Waals surface area (Å²) in [6.45, 7) is 4.73. The number of aliphatic carboxylic acids is 1. The van der Waals surface area contributed by atoms with Gasteiger partial charge < -0.3 is 14.6 Å². The van der Waals surface area contributed by atoms with Crippen molar-refractivity contribution in [1.82, 2.24) is 19.6 Å². The smallest absolute Gasteiger partial charge is 0.167 e. The molecule has 0 amide bonds. The Morgan fingerprint density at radius 2 is 2.35 bits per heavy atom. The van der Waals surface area contributed by atoms with Crippen molar-refractivity contribution in [2.45, 2.75) is 45.3 Å².